The molecule has 0 heterocycles. The van der Waals surface area contributed by atoms with Gasteiger partial charge in [-0.15, -0.1) is 0 Å². The van der Waals surface area contributed by atoms with E-state index in [1.807, 2.05) is 0 Å². The van der Waals surface area contributed by atoms with Crippen LogP contribution in [0.1, 0.15) is 181 Å². The van der Waals surface area contributed by atoms with Crippen molar-refractivity contribution in [3.8, 4) is 0 Å². The molecule has 0 bridgehead atoms. The van der Waals surface area contributed by atoms with E-state index in [-0.39, 0.29) is 38.6 Å². The van der Waals surface area contributed by atoms with Crippen molar-refractivity contribution in [1.29, 1.82) is 0 Å². The molecule has 0 radical (unpaired) electrons. The lowest BCUT2D eigenvalue weighted by Crippen LogP contribution is -2.29. The minimum absolute atomic E-state index is 0.0506. The molecule has 0 aliphatic carbocycles. The Bertz CT molecular complexity index is 939. The molecular weight excluding hydrogens is 665 g/mol. The standard InChI is InChI=1S/C41H76NO8P/c1-3-5-7-9-11-13-15-17-19-21-23-25-27-29-31-33-40(43)47-37-39(38-49-51(45,46)48-36-35-42)50-41(44)34-32-30-28-26-24-22-20-18-16-14-12-10-8-6-4-2/h6,8,12,14,18,20,39H,3-5,7,9-11,13,15-17,19,21-38,42H2,1-2H3,(H,45,46)/t39-/m1/s1. The van der Waals surface area contributed by atoms with Crippen LogP contribution in [0.2, 0.25) is 0 Å². The first kappa shape index (κ1) is 49.2. The van der Waals surface area contributed by atoms with Crippen LogP contribution >= 0.6 is 7.82 Å². The van der Waals surface area contributed by atoms with Crippen LogP contribution in [-0.2, 0) is 32.7 Å². The molecule has 51 heavy (non-hydrogen) atoms. The maximum Gasteiger partial charge on any atom is 0.472 e. The number of ether oxygens (including phenoxy) is 2. The zero-order valence-electron chi connectivity index (χ0n) is 32.6. The van der Waals surface area contributed by atoms with Gasteiger partial charge in [-0.2, -0.15) is 0 Å². The van der Waals surface area contributed by atoms with E-state index in [9.17, 15) is 19.0 Å². The maximum atomic E-state index is 12.5. The molecule has 0 rings (SSSR count). The SMILES string of the molecule is CCC=CCC=CCC=CCCCCCCCC(=O)O[C@H](COC(=O)CCCCCCCCCCCCCCCCC)COP(=O)(O)OCCN. The lowest BCUT2D eigenvalue weighted by Gasteiger charge is -2.19. The first-order chi connectivity index (χ1) is 24.8. The van der Waals surface area contributed by atoms with E-state index in [0.29, 0.717) is 6.42 Å². The topological polar surface area (TPSA) is 134 Å². The molecule has 0 aromatic heterocycles. The first-order valence-corrected chi connectivity index (χ1v) is 22.0. The number of phosphoric ester groups is 1. The van der Waals surface area contributed by atoms with Gasteiger partial charge in [0, 0.05) is 19.4 Å². The highest BCUT2D eigenvalue weighted by molar-refractivity contribution is 7.47. The molecule has 0 fully saturated rings. The summed E-state index contributed by atoms with van der Waals surface area (Å²) < 4.78 is 32.7. The fourth-order valence-corrected chi connectivity index (χ4v) is 6.30. The Labute approximate surface area is 312 Å². The van der Waals surface area contributed by atoms with Crippen molar-refractivity contribution < 1.29 is 37.6 Å². The zero-order valence-corrected chi connectivity index (χ0v) is 33.5. The number of carbonyl (C=O) groups is 2. The predicted octanol–water partition coefficient (Wildman–Crippen LogP) is 11.4. The second-order valence-electron chi connectivity index (χ2n) is 13.5. The molecule has 3 N–H and O–H groups in total. The molecule has 0 aliphatic heterocycles. The third-order valence-corrected chi connectivity index (χ3v) is 9.52. The van der Waals surface area contributed by atoms with Crippen molar-refractivity contribution in [3.05, 3.63) is 36.5 Å². The van der Waals surface area contributed by atoms with Crippen LogP contribution in [-0.4, -0.2) is 49.3 Å². The summed E-state index contributed by atoms with van der Waals surface area (Å²) in [6.07, 6.45) is 40.3. The van der Waals surface area contributed by atoms with Crippen molar-refractivity contribution in [2.24, 2.45) is 5.73 Å². The van der Waals surface area contributed by atoms with E-state index in [0.717, 1.165) is 70.6 Å². The van der Waals surface area contributed by atoms with Crippen LogP contribution in [0.5, 0.6) is 0 Å². The number of hydrogen-bond acceptors (Lipinski definition) is 8. The van der Waals surface area contributed by atoms with Crippen molar-refractivity contribution in [3.63, 3.8) is 0 Å². The lowest BCUT2D eigenvalue weighted by atomic mass is 10.0. The average molecular weight is 742 g/mol. The third kappa shape index (κ3) is 37.8. The average Bonchev–Trinajstić information content (AvgIpc) is 3.11. The van der Waals surface area contributed by atoms with Gasteiger partial charge in [0.25, 0.3) is 0 Å². The van der Waals surface area contributed by atoms with E-state index in [1.165, 1.54) is 77.0 Å². The fourth-order valence-electron chi connectivity index (χ4n) is 5.53. The minimum atomic E-state index is -4.38. The Balaban J connectivity index is 4.20. The summed E-state index contributed by atoms with van der Waals surface area (Å²) in [6.45, 7) is 3.60. The Kier molecular flexibility index (Phi) is 36.7. The molecule has 0 saturated carbocycles. The molecule has 2 atom stereocenters. The largest absolute Gasteiger partial charge is 0.472 e. The van der Waals surface area contributed by atoms with Crippen LogP contribution in [0.4, 0.5) is 0 Å². The van der Waals surface area contributed by atoms with E-state index in [1.54, 1.807) is 0 Å². The van der Waals surface area contributed by atoms with E-state index in [2.05, 4.69) is 50.3 Å². The summed E-state index contributed by atoms with van der Waals surface area (Å²) >= 11 is 0. The molecule has 0 aliphatic rings. The van der Waals surface area contributed by atoms with Gasteiger partial charge in [-0.1, -0.05) is 159 Å². The number of esters is 2. The number of nitrogens with two attached hydrogens (primary N) is 1. The van der Waals surface area contributed by atoms with Crippen LogP contribution in [0, 0.1) is 0 Å². The van der Waals surface area contributed by atoms with Crippen molar-refractivity contribution in [1.82, 2.24) is 0 Å². The number of allylic oxidation sites excluding steroid dienone is 6. The molecular formula is C41H76NO8P. The highest BCUT2D eigenvalue weighted by Crippen LogP contribution is 2.43. The first-order valence-electron chi connectivity index (χ1n) is 20.5. The Morgan fingerprint density at radius 1 is 0.608 bits per heavy atom. The van der Waals surface area contributed by atoms with E-state index >= 15 is 0 Å². The van der Waals surface area contributed by atoms with Crippen LogP contribution in [0.3, 0.4) is 0 Å². The van der Waals surface area contributed by atoms with Gasteiger partial charge in [0.15, 0.2) is 6.10 Å². The summed E-state index contributed by atoms with van der Waals surface area (Å²) in [5, 5.41) is 0. The Morgan fingerprint density at radius 3 is 1.61 bits per heavy atom. The normalized spacial score (nSPS) is 13.7. The van der Waals surface area contributed by atoms with Crippen LogP contribution < -0.4 is 5.73 Å². The monoisotopic (exact) mass is 742 g/mol. The molecule has 0 amide bonds. The molecule has 0 spiro atoms. The highest BCUT2D eigenvalue weighted by Gasteiger charge is 2.26. The minimum Gasteiger partial charge on any atom is -0.462 e. The third-order valence-electron chi connectivity index (χ3n) is 8.54. The van der Waals surface area contributed by atoms with Gasteiger partial charge in [0.05, 0.1) is 13.2 Å². The molecule has 1 unspecified atom stereocenters. The number of carbonyl (C=O) groups excluding carboxylic acids is 2. The van der Waals surface area contributed by atoms with Gasteiger partial charge >= 0.3 is 19.8 Å². The zero-order chi connectivity index (χ0) is 37.5. The van der Waals surface area contributed by atoms with Crippen molar-refractivity contribution in [2.75, 3.05) is 26.4 Å². The number of rotatable bonds is 38. The second-order valence-corrected chi connectivity index (χ2v) is 14.9. The quantitative estimate of drug-likeness (QED) is 0.0274. The second kappa shape index (κ2) is 38.0. The van der Waals surface area contributed by atoms with Gasteiger partial charge < -0.3 is 20.1 Å². The maximum absolute atomic E-state index is 12.5. The summed E-state index contributed by atoms with van der Waals surface area (Å²) in [7, 11) is -4.38. The van der Waals surface area contributed by atoms with Gasteiger partial charge in [-0.3, -0.25) is 18.6 Å². The molecule has 0 aromatic carbocycles. The van der Waals surface area contributed by atoms with Gasteiger partial charge in [-0.05, 0) is 44.9 Å². The fraction of sp³-hybridized carbons (Fsp3) is 0.805. The lowest BCUT2D eigenvalue weighted by molar-refractivity contribution is -0.161. The summed E-state index contributed by atoms with van der Waals surface area (Å²) in [5.74, 6) is -0.845. The molecule has 0 saturated heterocycles. The van der Waals surface area contributed by atoms with Crippen molar-refractivity contribution >= 4 is 19.8 Å². The Morgan fingerprint density at radius 2 is 1.08 bits per heavy atom. The molecule has 9 nitrogen and oxygen atoms in total. The van der Waals surface area contributed by atoms with Gasteiger partial charge in [0.1, 0.15) is 6.61 Å². The summed E-state index contributed by atoms with van der Waals surface area (Å²) in [4.78, 5) is 34.8. The van der Waals surface area contributed by atoms with Gasteiger partial charge in [0.2, 0.25) is 0 Å². The number of unbranched alkanes of at least 4 members (excludes halogenated alkanes) is 19. The van der Waals surface area contributed by atoms with Crippen LogP contribution in [0.25, 0.3) is 0 Å². The molecule has 10 heteroatoms. The highest BCUT2D eigenvalue weighted by atomic mass is 31.2. The smallest absolute Gasteiger partial charge is 0.462 e. The molecule has 298 valence electrons. The van der Waals surface area contributed by atoms with Crippen molar-refractivity contribution in [2.45, 2.75) is 187 Å². The summed E-state index contributed by atoms with van der Waals surface area (Å²) in [5.41, 5.74) is 5.34. The molecule has 0 aromatic rings. The number of phosphoric acid groups is 1. The predicted molar refractivity (Wildman–Crippen MR) is 210 cm³/mol. The van der Waals surface area contributed by atoms with Gasteiger partial charge in [-0.25, -0.2) is 4.57 Å². The van der Waals surface area contributed by atoms with E-state index < -0.39 is 26.5 Å². The van der Waals surface area contributed by atoms with E-state index in [4.69, 9.17) is 24.3 Å². The number of hydrogen-bond donors (Lipinski definition) is 2. The summed E-state index contributed by atoms with van der Waals surface area (Å²) in [6, 6.07) is 0. The Hall–Kier alpha value is -1.77. The van der Waals surface area contributed by atoms with Crippen LogP contribution in [0.15, 0.2) is 36.5 Å².